The quantitative estimate of drug-likeness (QED) is 0.794. The Balaban J connectivity index is 1.41. The van der Waals surface area contributed by atoms with E-state index in [0.29, 0.717) is 6.04 Å². The van der Waals surface area contributed by atoms with Gasteiger partial charge in [0.2, 0.25) is 0 Å². The van der Waals surface area contributed by atoms with Gasteiger partial charge in [0.05, 0.1) is 4.99 Å². The van der Waals surface area contributed by atoms with Crippen molar-refractivity contribution in [1.29, 1.82) is 0 Å². The van der Waals surface area contributed by atoms with Crippen LogP contribution in [0.3, 0.4) is 0 Å². The van der Waals surface area contributed by atoms with E-state index in [4.69, 9.17) is 23.8 Å². The van der Waals surface area contributed by atoms with Gasteiger partial charge in [-0.1, -0.05) is 66.3 Å². The summed E-state index contributed by atoms with van der Waals surface area (Å²) in [5.41, 5.74) is 2.60. The Labute approximate surface area is 154 Å². The molecule has 0 aromatic heterocycles. The molecule has 0 spiro atoms. The van der Waals surface area contributed by atoms with E-state index >= 15 is 0 Å². The summed E-state index contributed by atoms with van der Waals surface area (Å²) >= 11 is 11.4. The van der Waals surface area contributed by atoms with E-state index in [1.54, 1.807) is 0 Å². The number of thiocarbonyl (C=S) groups is 1. The van der Waals surface area contributed by atoms with Crippen molar-refractivity contribution in [1.82, 2.24) is 10.2 Å². The van der Waals surface area contributed by atoms with Crippen LogP contribution in [0.4, 0.5) is 0 Å². The lowest BCUT2D eigenvalue weighted by atomic mass is 10.0. The van der Waals surface area contributed by atoms with Gasteiger partial charge < -0.3 is 5.32 Å². The molecule has 2 nitrogen and oxygen atoms in total. The van der Waals surface area contributed by atoms with Crippen molar-refractivity contribution in [2.24, 2.45) is 0 Å². The third-order valence-electron chi connectivity index (χ3n) is 4.48. The highest BCUT2D eigenvalue weighted by atomic mass is 35.5. The molecule has 1 fully saturated rings. The van der Waals surface area contributed by atoms with Crippen molar-refractivity contribution >= 4 is 28.8 Å². The largest absolute Gasteiger partial charge is 0.377 e. The van der Waals surface area contributed by atoms with Gasteiger partial charge in [-0.15, -0.1) is 0 Å². The van der Waals surface area contributed by atoms with Crippen LogP contribution in [0.1, 0.15) is 24.0 Å². The third-order valence-corrected chi connectivity index (χ3v) is 4.99. The Morgan fingerprint density at radius 1 is 1.00 bits per heavy atom. The van der Waals surface area contributed by atoms with Gasteiger partial charge in [-0.3, -0.25) is 4.90 Å². The monoisotopic (exact) mass is 358 g/mol. The molecule has 2 aromatic carbocycles. The summed E-state index contributed by atoms with van der Waals surface area (Å²) in [5.74, 6) is 0. The molecule has 0 bridgehead atoms. The maximum absolute atomic E-state index is 5.92. The molecule has 1 heterocycles. The van der Waals surface area contributed by atoms with Gasteiger partial charge in [-0.2, -0.15) is 0 Å². The van der Waals surface area contributed by atoms with Crippen LogP contribution in [-0.2, 0) is 13.0 Å². The molecular formula is C20H23ClN2S. The molecule has 1 aliphatic heterocycles. The molecule has 0 unspecified atom stereocenters. The summed E-state index contributed by atoms with van der Waals surface area (Å²) in [6.07, 6.45) is 3.08. The molecule has 0 atom stereocenters. The number of nitrogens with one attached hydrogen (secondary N) is 1. The Hall–Kier alpha value is -1.42. The zero-order valence-corrected chi connectivity index (χ0v) is 15.3. The minimum Gasteiger partial charge on any atom is -0.377 e. The van der Waals surface area contributed by atoms with Gasteiger partial charge in [0.15, 0.2) is 0 Å². The van der Waals surface area contributed by atoms with Gasteiger partial charge in [0.1, 0.15) is 0 Å². The van der Waals surface area contributed by atoms with Crippen molar-refractivity contribution in [3.63, 3.8) is 0 Å². The number of rotatable bonds is 5. The summed E-state index contributed by atoms with van der Waals surface area (Å²) in [6, 6.07) is 19.1. The van der Waals surface area contributed by atoms with E-state index in [-0.39, 0.29) is 0 Å². The number of halogens is 1. The molecular weight excluding hydrogens is 336 g/mol. The van der Waals surface area contributed by atoms with Crippen LogP contribution in [0.25, 0.3) is 0 Å². The summed E-state index contributed by atoms with van der Waals surface area (Å²) in [5, 5.41) is 4.31. The highest BCUT2D eigenvalue weighted by molar-refractivity contribution is 7.80. The van der Waals surface area contributed by atoms with Crippen LogP contribution in [0.5, 0.6) is 0 Å². The zero-order valence-electron chi connectivity index (χ0n) is 13.7. The number of hydrogen-bond acceptors (Lipinski definition) is 2. The first-order valence-corrected chi connectivity index (χ1v) is 9.28. The fraction of sp³-hybridized carbons (Fsp3) is 0.350. The van der Waals surface area contributed by atoms with Crippen LogP contribution >= 0.6 is 23.8 Å². The fourth-order valence-corrected chi connectivity index (χ4v) is 3.60. The lowest BCUT2D eigenvalue weighted by molar-refractivity contribution is 0.199. The molecule has 4 heteroatoms. The standard InChI is InChI=1S/C20H23ClN2S/c21-18-8-6-16(7-9-18)14-20(24)22-19-10-12-23(13-11-19)15-17-4-2-1-3-5-17/h1-9,19H,10-15H2,(H,22,24). The average Bonchev–Trinajstić information content (AvgIpc) is 2.60. The number of hydrogen-bond donors (Lipinski definition) is 1. The lowest BCUT2D eigenvalue weighted by Gasteiger charge is -2.33. The van der Waals surface area contributed by atoms with E-state index in [9.17, 15) is 0 Å². The second-order valence-corrected chi connectivity index (χ2v) is 7.34. The predicted octanol–water partition coefficient (Wildman–Crippen LogP) is 4.46. The number of nitrogens with zero attached hydrogens (tertiary/aromatic N) is 1. The molecule has 0 saturated carbocycles. The van der Waals surface area contributed by atoms with E-state index in [0.717, 1.165) is 48.9 Å². The smallest absolute Gasteiger partial charge is 0.0799 e. The van der Waals surface area contributed by atoms with Crippen LogP contribution in [0, 0.1) is 0 Å². The number of piperidine rings is 1. The van der Waals surface area contributed by atoms with E-state index in [1.165, 1.54) is 11.1 Å². The summed E-state index contributed by atoms with van der Waals surface area (Å²) in [6.45, 7) is 3.29. The molecule has 24 heavy (non-hydrogen) atoms. The minimum atomic E-state index is 0.497. The van der Waals surface area contributed by atoms with Gasteiger partial charge >= 0.3 is 0 Å². The molecule has 1 saturated heterocycles. The van der Waals surface area contributed by atoms with Gasteiger partial charge in [0, 0.05) is 37.1 Å². The highest BCUT2D eigenvalue weighted by Crippen LogP contribution is 2.15. The Bertz CT molecular complexity index is 649. The Morgan fingerprint density at radius 3 is 2.33 bits per heavy atom. The summed E-state index contributed by atoms with van der Waals surface area (Å²) in [4.78, 5) is 3.45. The molecule has 3 rings (SSSR count). The predicted molar refractivity (Wildman–Crippen MR) is 106 cm³/mol. The molecule has 0 radical (unpaired) electrons. The third kappa shape index (κ3) is 5.30. The molecule has 1 aliphatic rings. The number of benzene rings is 2. The molecule has 0 aliphatic carbocycles. The first-order valence-electron chi connectivity index (χ1n) is 8.49. The van der Waals surface area contributed by atoms with Crippen LogP contribution in [-0.4, -0.2) is 29.0 Å². The maximum atomic E-state index is 5.92. The second kappa shape index (κ2) is 8.61. The summed E-state index contributed by atoms with van der Waals surface area (Å²) in [7, 11) is 0. The Kier molecular flexibility index (Phi) is 6.24. The highest BCUT2D eigenvalue weighted by Gasteiger charge is 2.19. The van der Waals surface area contributed by atoms with Gasteiger partial charge in [-0.05, 0) is 36.1 Å². The molecule has 0 amide bonds. The van der Waals surface area contributed by atoms with E-state index < -0.39 is 0 Å². The van der Waals surface area contributed by atoms with Crippen LogP contribution < -0.4 is 5.32 Å². The van der Waals surface area contributed by atoms with Crippen molar-refractivity contribution in [2.75, 3.05) is 13.1 Å². The first-order chi connectivity index (χ1) is 11.7. The fourth-order valence-electron chi connectivity index (χ4n) is 3.14. The van der Waals surface area contributed by atoms with Crippen molar-refractivity contribution in [2.45, 2.75) is 31.8 Å². The minimum absolute atomic E-state index is 0.497. The van der Waals surface area contributed by atoms with Crippen molar-refractivity contribution in [3.8, 4) is 0 Å². The van der Waals surface area contributed by atoms with Crippen molar-refractivity contribution in [3.05, 3.63) is 70.7 Å². The summed E-state index contributed by atoms with van der Waals surface area (Å²) < 4.78 is 0. The maximum Gasteiger partial charge on any atom is 0.0799 e. The average molecular weight is 359 g/mol. The first kappa shape index (κ1) is 17.4. The number of likely N-dealkylation sites (tertiary alicyclic amines) is 1. The van der Waals surface area contributed by atoms with Gasteiger partial charge in [-0.25, -0.2) is 0 Å². The van der Waals surface area contributed by atoms with E-state index in [1.807, 2.05) is 24.3 Å². The normalized spacial score (nSPS) is 16.0. The van der Waals surface area contributed by atoms with Crippen LogP contribution in [0.15, 0.2) is 54.6 Å². The van der Waals surface area contributed by atoms with Crippen molar-refractivity contribution < 1.29 is 0 Å². The molecule has 2 aromatic rings. The van der Waals surface area contributed by atoms with Crippen LogP contribution in [0.2, 0.25) is 5.02 Å². The van der Waals surface area contributed by atoms with E-state index in [2.05, 4.69) is 40.5 Å². The zero-order chi connectivity index (χ0) is 16.8. The topological polar surface area (TPSA) is 15.3 Å². The Morgan fingerprint density at radius 2 is 1.67 bits per heavy atom. The van der Waals surface area contributed by atoms with Gasteiger partial charge in [0.25, 0.3) is 0 Å². The second-order valence-electron chi connectivity index (χ2n) is 6.41. The molecule has 1 N–H and O–H groups in total. The lowest BCUT2D eigenvalue weighted by Crippen LogP contribution is -2.44. The molecule has 126 valence electrons. The SMILES string of the molecule is S=C(Cc1ccc(Cl)cc1)NC1CCN(Cc2ccccc2)CC1.